The van der Waals surface area contributed by atoms with Gasteiger partial charge in [-0.1, -0.05) is 5.16 Å². The highest BCUT2D eigenvalue weighted by Gasteiger charge is 2.13. The van der Waals surface area contributed by atoms with Crippen molar-refractivity contribution in [3.05, 3.63) is 72.1 Å². The van der Waals surface area contributed by atoms with Crippen LogP contribution in [-0.2, 0) is 0 Å². The molecular weight excluding hydrogens is 408 g/mol. The van der Waals surface area contributed by atoms with Crippen molar-refractivity contribution in [1.29, 1.82) is 0 Å². The summed E-state index contributed by atoms with van der Waals surface area (Å²) in [7, 11) is 0. The van der Waals surface area contributed by atoms with E-state index >= 15 is 0 Å². The van der Waals surface area contributed by atoms with Gasteiger partial charge < -0.3 is 20.5 Å². The molecule has 0 radical (unpaired) electrons. The first kappa shape index (κ1) is 20.9. The van der Waals surface area contributed by atoms with Gasteiger partial charge in [0.25, 0.3) is 5.91 Å². The molecule has 3 N–H and O–H groups in total. The minimum Gasteiger partial charge on any atom is -0.368 e. The molecule has 1 amide bonds. The Morgan fingerprint density at radius 2 is 1.88 bits per heavy atom. The van der Waals surface area contributed by atoms with E-state index in [4.69, 9.17) is 4.52 Å². The number of nitrogens with one attached hydrogen (secondary N) is 3. The molecule has 0 unspecified atom stereocenters. The van der Waals surface area contributed by atoms with Crippen molar-refractivity contribution in [1.82, 2.24) is 30.4 Å². The molecule has 10 nitrogen and oxygen atoms in total. The van der Waals surface area contributed by atoms with E-state index in [-0.39, 0.29) is 11.6 Å². The summed E-state index contributed by atoms with van der Waals surface area (Å²) in [4.78, 5) is 29.4. The van der Waals surface area contributed by atoms with Gasteiger partial charge in [-0.15, -0.1) is 0 Å². The molecule has 4 heterocycles. The molecule has 0 bridgehead atoms. The van der Waals surface area contributed by atoms with Gasteiger partial charge in [-0.25, -0.2) is 15.0 Å². The largest absolute Gasteiger partial charge is 0.368 e. The number of hydrogen-bond acceptors (Lipinski definition) is 9. The fourth-order valence-electron chi connectivity index (χ4n) is 2.94. The molecule has 0 saturated heterocycles. The second kappa shape index (κ2) is 9.65. The van der Waals surface area contributed by atoms with E-state index < -0.39 is 0 Å². The lowest BCUT2D eigenvalue weighted by atomic mass is 10.2. The van der Waals surface area contributed by atoms with Crippen LogP contribution in [0.3, 0.4) is 0 Å². The van der Waals surface area contributed by atoms with Gasteiger partial charge in [-0.05, 0) is 43.7 Å². The monoisotopic (exact) mass is 430 g/mol. The van der Waals surface area contributed by atoms with Crippen LogP contribution in [0.5, 0.6) is 0 Å². The van der Waals surface area contributed by atoms with E-state index in [1.165, 1.54) is 0 Å². The van der Waals surface area contributed by atoms with Gasteiger partial charge in [0.15, 0.2) is 11.5 Å². The van der Waals surface area contributed by atoms with Crippen molar-refractivity contribution in [3.63, 3.8) is 0 Å². The van der Waals surface area contributed by atoms with Gasteiger partial charge in [0.05, 0.1) is 0 Å². The van der Waals surface area contributed by atoms with E-state index in [2.05, 4.69) is 41.0 Å². The molecule has 0 saturated carbocycles. The molecule has 4 rings (SSSR count). The molecule has 0 aromatic carbocycles. The number of rotatable bonds is 8. The van der Waals surface area contributed by atoms with E-state index in [9.17, 15) is 4.79 Å². The van der Waals surface area contributed by atoms with Gasteiger partial charge in [-0.3, -0.25) is 9.78 Å². The summed E-state index contributed by atoms with van der Waals surface area (Å²) < 4.78 is 5.23. The van der Waals surface area contributed by atoms with E-state index in [0.29, 0.717) is 42.1 Å². The Labute approximate surface area is 184 Å². The van der Waals surface area contributed by atoms with Crippen molar-refractivity contribution < 1.29 is 9.32 Å². The Balaban J connectivity index is 1.29. The predicted octanol–water partition coefficient (Wildman–Crippen LogP) is 3.12. The number of anilines is 3. The molecule has 32 heavy (non-hydrogen) atoms. The van der Waals surface area contributed by atoms with Crippen molar-refractivity contribution in [3.8, 4) is 11.3 Å². The van der Waals surface area contributed by atoms with E-state index in [0.717, 1.165) is 11.1 Å². The summed E-state index contributed by atoms with van der Waals surface area (Å²) in [6.45, 7) is 4.65. The average molecular weight is 430 g/mol. The Hall–Kier alpha value is -4.34. The SMILES string of the molecule is Cc1ccnc(Nc2cc(NCCNC(=O)c3cc(-c4cccnc4)on3)nc(C)n2)c1. The lowest BCUT2D eigenvalue weighted by Crippen LogP contribution is -2.29. The van der Waals surface area contributed by atoms with Gasteiger partial charge in [-0.2, -0.15) is 0 Å². The molecule has 0 spiro atoms. The van der Waals surface area contributed by atoms with Crippen molar-refractivity contribution in [2.24, 2.45) is 0 Å². The van der Waals surface area contributed by atoms with Crippen molar-refractivity contribution in [2.45, 2.75) is 13.8 Å². The number of amides is 1. The molecule has 162 valence electrons. The molecule has 0 aliphatic carbocycles. The molecule has 4 aromatic rings. The number of hydrogen-bond donors (Lipinski definition) is 3. The van der Waals surface area contributed by atoms with Crippen LogP contribution in [0, 0.1) is 13.8 Å². The standard InChI is InChI=1S/C22H22N8O2/c1-14-5-7-24-19(10-14)29-21-12-20(27-15(2)28-21)25-8-9-26-22(31)17-11-18(32-30-17)16-4-3-6-23-13-16/h3-7,10-13H,8-9H2,1-2H3,(H,26,31)(H2,24,25,27,28,29). The van der Waals surface area contributed by atoms with Crippen molar-refractivity contribution in [2.75, 3.05) is 23.7 Å². The summed E-state index contributed by atoms with van der Waals surface area (Å²) in [6, 6.07) is 10.9. The summed E-state index contributed by atoms with van der Waals surface area (Å²) in [5.74, 6) is 2.76. The highest BCUT2D eigenvalue weighted by atomic mass is 16.5. The molecule has 0 aliphatic heterocycles. The van der Waals surface area contributed by atoms with E-state index in [1.807, 2.05) is 32.0 Å². The first-order chi connectivity index (χ1) is 15.6. The maximum Gasteiger partial charge on any atom is 0.273 e. The average Bonchev–Trinajstić information content (AvgIpc) is 3.27. The molecule has 10 heteroatoms. The second-order valence-electron chi connectivity index (χ2n) is 7.03. The fraction of sp³-hybridized carbons (Fsp3) is 0.182. The Morgan fingerprint density at radius 1 is 1.00 bits per heavy atom. The van der Waals surface area contributed by atoms with Crippen LogP contribution in [-0.4, -0.2) is 44.1 Å². The number of carbonyl (C=O) groups is 1. The second-order valence-corrected chi connectivity index (χ2v) is 7.03. The maximum absolute atomic E-state index is 12.3. The Kier molecular flexibility index (Phi) is 6.30. The van der Waals surface area contributed by atoms with Gasteiger partial charge >= 0.3 is 0 Å². The number of nitrogens with zero attached hydrogens (tertiary/aromatic N) is 5. The molecule has 4 aromatic heterocycles. The van der Waals surface area contributed by atoms with E-state index in [1.54, 1.807) is 36.8 Å². The predicted molar refractivity (Wildman–Crippen MR) is 120 cm³/mol. The molecule has 0 aliphatic rings. The van der Waals surface area contributed by atoms with Crippen LogP contribution in [0.1, 0.15) is 21.9 Å². The summed E-state index contributed by atoms with van der Waals surface area (Å²) >= 11 is 0. The third-order valence-corrected chi connectivity index (χ3v) is 4.42. The highest BCUT2D eigenvalue weighted by Crippen LogP contribution is 2.19. The van der Waals surface area contributed by atoms with Crippen LogP contribution in [0.2, 0.25) is 0 Å². The first-order valence-corrected chi connectivity index (χ1v) is 10.0. The number of carbonyl (C=O) groups excluding carboxylic acids is 1. The van der Waals surface area contributed by atoms with Gasteiger partial charge in [0.1, 0.15) is 23.3 Å². The topological polar surface area (TPSA) is 131 Å². The lowest BCUT2D eigenvalue weighted by Gasteiger charge is -2.10. The zero-order valence-electron chi connectivity index (χ0n) is 17.7. The molecular formula is C22H22N8O2. The van der Waals surface area contributed by atoms with Crippen LogP contribution >= 0.6 is 0 Å². The minimum atomic E-state index is -0.322. The zero-order chi connectivity index (χ0) is 22.3. The summed E-state index contributed by atoms with van der Waals surface area (Å²) in [5, 5.41) is 13.0. The third-order valence-electron chi connectivity index (χ3n) is 4.42. The van der Waals surface area contributed by atoms with Crippen LogP contribution in [0.4, 0.5) is 17.5 Å². The molecule has 0 atom stereocenters. The fourth-order valence-corrected chi connectivity index (χ4v) is 2.94. The quantitative estimate of drug-likeness (QED) is 0.361. The van der Waals surface area contributed by atoms with Crippen LogP contribution in [0.15, 0.2) is 59.5 Å². The highest BCUT2D eigenvalue weighted by molar-refractivity contribution is 5.93. The summed E-state index contributed by atoms with van der Waals surface area (Å²) in [6.07, 6.45) is 5.05. The van der Waals surface area contributed by atoms with Gasteiger partial charge in [0, 0.05) is 49.4 Å². The number of pyridine rings is 2. The zero-order valence-corrected chi connectivity index (χ0v) is 17.7. The number of aromatic nitrogens is 5. The number of aryl methyl sites for hydroxylation is 2. The Bertz CT molecular complexity index is 1210. The first-order valence-electron chi connectivity index (χ1n) is 10.0. The molecule has 0 fully saturated rings. The smallest absolute Gasteiger partial charge is 0.273 e. The minimum absolute atomic E-state index is 0.207. The van der Waals surface area contributed by atoms with Crippen molar-refractivity contribution >= 4 is 23.4 Å². The maximum atomic E-state index is 12.3. The third kappa shape index (κ3) is 5.42. The van der Waals surface area contributed by atoms with Crippen LogP contribution < -0.4 is 16.0 Å². The summed E-state index contributed by atoms with van der Waals surface area (Å²) in [5.41, 5.74) is 2.06. The Morgan fingerprint density at radius 3 is 2.69 bits per heavy atom. The lowest BCUT2D eigenvalue weighted by molar-refractivity contribution is 0.0946. The van der Waals surface area contributed by atoms with Crippen LogP contribution in [0.25, 0.3) is 11.3 Å². The van der Waals surface area contributed by atoms with Gasteiger partial charge in [0.2, 0.25) is 0 Å². The normalized spacial score (nSPS) is 10.6.